The molecule has 0 aliphatic carbocycles. The Kier molecular flexibility index (Phi) is 6.31. The van der Waals surface area contributed by atoms with Gasteiger partial charge < -0.3 is 9.47 Å². The van der Waals surface area contributed by atoms with Gasteiger partial charge in [-0.15, -0.1) is 0 Å². The van der Waals surface area contributed by atoms with E-state index in [-0.39, 0.29) is 11.7 Å². The van der Waals surface area contributed by atoms with Crippen LogP contribution in [-0.2, 0) is 4.79 Å². The van der Waals surface area contributed by atoms with E-state index < -0.39 is 0 Å². The van der Waals surface area contributed by atoms with Crippen LogP contribution in [-0.4, -0.2) is 33.4 Å². The zero-order valence-corrected chi connectivity index (χ0v) is 18.1. The summed E-state index contributed by atoms with van der Waals surface area (Å²) in [4.78, 5) is 19.0. The van der Waals surface area contributed by atoms with Crippen molar-refractivity contribution < 1.29 is 9.18 Å². The van der Waals surface area contributed by atoms with Gasteiger partial charge in [-0.1, -0.05) is 18.2 Å². The van der Waals surface area contributed by atoms with E-state index in [9.17, 15) is 9.18 Å². The Hall–Kier alpha value is -3.21. The number of aryl methyl sites for hydroxylation is 2. The summed E-state index contributed by atoms with van der Waals surface area (Å²) < 4.78 is 15.2. The fourth-order valence-electron chi connectivity index (χ4n) is 4.28. The van der Waals surface area contributed by atoms with Crippen LogP contribution in [0.15, 0.2) is 61.1 Å². The minimum atomic E-state index is -0.206. The van der Waals surface area contributed by atoms with Crippen LogP contribution in [0.25, 0.3) is 11.8 Å². The first kappa shape index (κ1) is 21.0. The predicted molar refractivity (Wildman–Crippen MR) is 122 cm³/mol. The van der Waals surface area contributed by atoms with Crippen LogP contribution in [0.2, 0.25) is 0 Å². The van der Waals surface area contributed by atoms with Gasteiger partial charge in [0.2, 0.25) is 5.91 Å². The summed E-state index contributed by atoms with van der Waals surface area (Å²) in [7, 11) is 0. The third kappa shape index (κ3) is 5.10. The predicted octanol–water partition coefficient (Wildman–Crippen LogP) is 5.44. The molecule has 1 aromatic heterocycles. The van der Waals surface area contributed by atoms with Gasteiger partial charge in [0.15, 0.2) is 0 Å². The molecule has 31 heavy (non-hydrogen) atoms. The fourth-order valence-corrected chi connectivity index (χ4v) is 4.28. The molecule has 2 heterocycles. The van der Waals surface area contributed by atoms with Crippen LogP contribution < -0.4 is 0 Å². The molecule has 1 fully saturated rings. The molecule has 1 aliphatic heterocycles. The molecule has 0 spiro atoms. The second-order valence-electron chi connectivity index (χ2n) is 8.31. The molecule has 3 aromatic rings. The van der Waals surface area contributed by atoms with Crippen molar-refractivity contribution in [2.24, 2.45) is 0 Å². The zero-order chi connectivity index (χ0) is 21.8. The number of benzene rings is 2. The van der Waals surface area contributed by atoms with Gasteiger partial charge in [0.1, 0.15) is 5.82 Å². The number of nitrogens with zero attached hydrogens (tertiary/aromatic N) is 3. The molecule has 1 saturated heterocycles. The number of amides is 1. The molecular weight excluding hydrogens is 389 g/mol. The Morgan fingerprint density at radius 3 is 2.61 bits per heavy atom. The molecule has 2 aromatic carbocycles. The summed E-state index contributed by atoms with van der Waals surface area (Å²) in [6.45, 7) is 5.52. The van der Waals surface area contributed by atoms with Gasteiger partial charge in [-0.05, 0) is 86.1 Å². The first-order valence-electron chi connectivity index (χ1n) is 10.8. The summed E-state index contributed by atoms with van der Waals surface area (Å²) in [6.07, 6.45) is 10.3. The maximum Gasteiger partial charge on any atom is 0.246 e. The molecule has 0 saturated carbocycles. The fraction of sp³-hybridized carbons (Fsp3) is 0.308. The summed E-state index contributed by atoms with van der Waals surface area (Å²) >= 11 is 0. The maximum absolute atomic E-state index is 13.2. The van der Waals surface area contributed by atoms with Crippen molar-refractivity contribution in [2.45, 2.75) is 39.0 Å². The highest BCUT2D eigenvalue weighted by molar-refractivity contribution is 5.91. The van der Waals surface area contributed by atoms with Crippen molar-refractivity contribution in [1.29, 1.82) is 0 Å². The number of halogens is 1. The monoisotopic (exact) mass is 417 g/mol. The third-order valence-electron chi connectivity index (χ3n) is 6.01. The number of carbonyl (C=O) groups excluding carboxylic acids is 1. The summed E-state index contributed by atoms with van der Waals surface area (Å²) in [5.41, 5.74) is 5.36. The van der Waals surface area contributed by atoms with Crippen LogP contribution in [0, 0.1) is 19.7 Å². The Morgan fingerprint density at radius 2 is 1.90 bits per heavy atom. The van der Waals surface area contributed by atoms with Crippen molar-refractivity contribution in [2.75, 3.05) is 13.1 Å². The number of rotatable bonds is 4. The van der Waals surface area contributed by atoms with E-state index in [0.29, 0.717) is 5.92 Å². The molecule has 1 amide bonds. The van der Waals surface area contributed by atoms with Gasteiger partial charge in [-0.3, -0.25) is 4.79 Å². The Balaban J connectivity index is 1.38. The second-order valence-corrected chi connectivity index (χ2v) is 8.31. The van der Waals surface area contributed by atoms with Gasteiger partial charge in [0.25, 0.3) is 0 Å². The minimum Gasteiger partial charge on any atom is -0.339 e. The molecule has 4 nitrogen and oxygen atoms in total. The lowest BCUT2D eigenvalue weighted by molar-refractivity contribution is -0.125. The van der Waals surface area contributed by atoms with Crippen molar-refractivity contribution in [3.05, 3.63) is 89.3 Å². The molecule has 160 valence electrons. The molecule has 1 atom stereocenters. The van der Waals surface area contributed by atoms with Crippen LogP contribution >= 0.6 is 0 Å². The van der Waals surface area contributed by atoms with Crippen LogP contribution in [0.1, 0.15) is 47.6 Å². The molecule has 0 N–H and O–H groups in total. The number of aromatic nitrogens is 2. The van der Waals surface area contributed by atoms with Gasteiger partial charge in [0.05, 0.1) is 12.0 Å². The molecule has 4 rings (SSSR count). The number of imidazole rings is 1. The van der Waals surface area contributed by atoms with E-state index >= 15 is 0 Å². The molecule has 1 aliphatic rings. The highest BCUT2D eigenvalue weighted by atomic mass is 19.1. The topological polar surface area (TPSA) is 38.1 Å². The largest absolute Gasteiger partial charge is 0.339 e. The summed E-state index contributed by atoms with van der Waals surface area (Å²) in [5, 5.41) is 0. The molecule has 1 unspecified atom stereocenters. The number of carbonyl (C=O) groups is 1. The second kappa shape index (κ2) is 9.29. The quantitative estimate of drug-likeness (QED) is 0.530. The first-order chi connectivity index (χ1) is 15.0. The SMILES string of the molecule is Cc1cn(-c2ccc(/C=C/C(=O)N3CCCC(c4ccc(F)cc4)CC3)cc2C)cn1. The van der Waals surface area contributed by atoms with E-state index in [1.54, 1.807) is 6.08 Å². The molecule has 5 heteroatoms. The number of hydrogen-bond donors (Lipinski definition) is 0. The molecule has 0 bridgehead atoms. The van der Waals surface area contributed by atoms with E-state index in [4.69, 9.17) is 0 Å². The summed E-state index contributed by atoms with van der Waals surface area (Å²) in [5.74, 6) is 0.221. The average molecular weight is 418 g/mol. The van der Waals surface area contributed by atoms with Gasteiger partial charge in [-0.25, -0.2) is 9.37 Å². The lowest BCUT2D eigenvalue weighted by Crippen LogP contribution is -2.30. The maximum atomic E-state index is 13.2. The third-order valence-corrected chi connectivity index (χ3v) is 6.01. The average Bonchev–Trinajstić information content (AvgIpc) is 3.04. The van der Waals surface area contributed by atoms with E-state index in [1.807, 2.05) is 53.2 Å². The van der Waals surface area contributed by atoms with Gasteiger partial charge >= 0.3 is 0 Å². The standard InChI is InChI=1S/C26H28FN3O/c1-19-16-21(5-11-25(19)30-17-20(2)28-18-30)6-12-26(31)29-14-3-4-22(13-15-29)23-7-9-24(27)10-8-23/h5-12,16-18,22H,3-4,13-15H2,1-2H3/b12-6+. The van der Waals surface area contributed by atoms with Gasteiger partial charge in [0, 0.05) is 31.0 Å². The van der Waals surface area contributed by atoms with Crippen LogP contribution in [0.3, 0.4) is 0 Å². The zero-order valence-electron chi connectivity index (χ0n) is 18.1. The van der Waals surface area contributed by atoms with Crippen molar-refractivity contribution >= 4 is 12.0 Å². The molecule has 0 radical (unpaired) electrons. The van der Waals surface area contributed by atoms with Crippen LogP contribution in [0.4, 0.5) is 4.39 Å². The number of hydrogen-bond acceptors (Lipinski definition) is 2. The molecular formula is C26H28FN3O. The Morgan fingerprint density at radius 1 is 1.10 bits per heavy atom. The normalized spacial score (nSPS) is 17.1. The highest BCUT2D eigenvalue weighted by Crippen LogP contribution is 2.28. The lowest BCUT2D eigenvalue weighted by Gasteiger charge is -2.19. The first-order valence-corrected chi connectivity index (χ1v) is 10.8. The van der Waals surface area contributed by atoms with E-state index in [1.165, 1.54) is 12.1 Å². The highest BCUT2D eigenvalue weighted by Gasteiger charge is 2.20. The summed E-state index contributed by atoms with van der Waals surface area (Å²) in [6, 6.07) is 12.9. The lowest BCUT2D eigenvalue weighted by atomic mass is 9.92. The Labute approximate surface area is 183 Å². The van der Waals surface area contributed by atoms with E-state index in [0.717, 1.165) is 60.4 Å². The minimum absolute atomic E-state index is 0.0479. The van der Waals surface area contributed by atoms with Crippen molar-refractivity contribution in [3.8, 4) is 5.69 Å². The van der Waals surface area contributed by atoms with Crippen molar-refractivity contribution in [1.82, 2.24) is 14.5 Å². The van der Waals surface area contributed by atoms with E-state index in [2.05, 4.69) is 24.0 Å². The number of likely N-dealkylation sites (tertiary alicyclic amines) is 1. The van der Waals surface area contributed by atoms with Crippen molar-refractivity contribution in [3.63, 3.8) is 0 Å². The van der Waals surface area contributed by atoms with Crippen LogP contribution in [0.5, 0.6) is 0 Å². The Bertz CT molecular complexity index is 1080. The smallest absolute Gasteiger partial charge is 0.246 e. The van der Waals surface area contributed by atoms with Gasteiger partial charge in [-0.2, -0.15) is 0 Å².